The molecule has 0 amide bonds. The summed E-state index contributed by atoms with van der Waals surface area (Å²) in [6, 6.07) is 0. The SMILES string of the molecule is CCc1nn(C)cc1-c1nnnn1C(CC)(CC)C(=O)O. The van der Waals surface area contributed by atoms with Gasteiger partial charge in [0.2, 0.25) is 0 Å². The molecule has 1 N–H and O–H groups in total. The molecule has 0 aliphatic heterocycles. The van der Waals surface area contributed by atoms with Gasteiger partial charge in [0.1, 0.15) is 0 Å². The molecule has 114 valence electrons. The molecule has 0 fully saturated rings. The van der Waals surface area contributed by atoms with Gasteiger partial charge in [-0.25, -0.2) is 9.48 Å². The molecule has 8 heteroatoms. The molecule has 0 unspecified atom stereocenters. The smallest absolute Gasteiger partial charge is 0.331 e. The molecule has 0 aliphatic rings. The molecule has 0 spiro atoms. The first-order valence-electron chi connectivity index (χ1n) is 7.05. The van der Waals surface area contributed by atoms with Crippen LogP contribution in [0.3, 0.4) is 0 Å². The number of aryl methyl sites for hydroxylation is 2. The van der Waals surface area contributed by atoms with Crippen molar-refractivity contribution in [3.63, 3.8) is 0 Å². The number of aromatic nitrogens is 6. The number of nitrogens with zero attached hydrogens (tertiary/aromatic N) is 6. The maximum Gasteiger partial charge on any atom is 0.331 e. The van der Waals surface area contributed by atoms with Gasteiger partial charge < -0.3 is 5.11 Å². The highest BCUT2D eigenvalue weighted by Gasteiger charge is 2.41. The number of carboxylic acid groups (broad SMARTS) is 1. The highest BCUT2D eigenvalue weighted by Crippen LogP contribution is 2.30. The second-order valence-electron chi connectivity index (χ2n) is 4.97. The molecule has 2 heterocycles. The van der Waals surface area contributed by atoms with E-state index >= 15 is 0 Å². The largest absolute Gasteiger partial charge is 0.479 e. The van der Waals surface area contributed by atoms with E-state index in [1.165, 1.54) is 4.68 Å². The molecule has 2 aromatic heterocycles. The number of hydrogen-bond donors (Lipinski definition) is 1. The van der Waals surface area contributed by atoms with E-state index in [0.717, 1.165) is 17.7 Å². The minimum Gasteiger partial charge on any atom is -0.479 e. The summed E-state index contributed by atoms with van der Waals surface area (Å²) in [5.41, 5.74) is 0.484. The van der Waals surface area contributed by atoms with E-state index in [1.807, 2.05) is 34.0 Å². The van der Waals surface area contributed by atoms with Gasteiger partial charge in [-0.05, 0) is 29.7 Å². The molecule has 2 aromatic rings. The highest BCUT2D eigenvalue weighted by atomic mass is 16.4. The van der Waals surface area contributed by atoms with E-state index in [-0.39, 0.29) is 0 Å². The molecule has 8 nitrogen and oxygen atoms in total. The summed E-state index contributed by atoms with van der Waals surface area (Å²) in [6.07, 6.45) is 3.34. The van der Waals surface area contributed by atoms with E-state index < -0.39 is 11.5 Å². The standard InChI is InChI=1S/C13H20N6O2/c1-5-10-9(8-18(4)15-10)11-14-16-17-19(11)13(6-2,7-3)12(20)21/h8H,5-7H2,1-4H3,(H,20,21). The number of carboxylic acids is 1. The summed E-state index contributed by atoms with van der Waals surface area (Å²) in [7, 11) is 1.82. The van der Waals surface area contributed by atoms with Crippen LogP contribution in [0, 0.1) is 0 Å². The number of rotatable bonds is 6. The van der Waals surface area contributed by atoms with Crippen LogP contribution in [0.2, 0.25) is 0 Å². The van der Waals surface area contributed by atoms with Crippen LogP contribution in [0.25, 0.3) is 11.4 Å². The van der Waals surface area contributed by atoms with Crippen molar-refractivity contribution in [2.45, 2.75) is 45.6 Å². The Morgan fingerprint density at radius 2 is 2.00 bits per heavy atom. The molecule has 0 bridgehead atoms. The van der Waals surface area contributed by atoms with Gasteiger partial charge in [0.15, 0.2) is 11.4 Å². The maximum atomic E-state index is 11.8. The topological polar surface area (TPSA) is 98.7 Å². The average Bonchev–Trinajstić information content (AvgIpc) is 3.07. The predicted molar refractivity (Wildman–Crippen MR) is 75.6 cm³/mol. The van der Waals surface area contributed by atoms with Crippen molar-refractivity contribution in [2.75, 3.05) is 0 Å². The summed E-state index contributed by atoms with van der Waals surface area (Å²) >= 11 is 0. The minimum atomic E-state index is -1.14. The fraction of sp³-hybridized carbons (Fsp3) is 0.615. The van der Waals surface area contributed by atoms with Crippen LogP contribution in [-0.2, 0) is 23.8 Å². The first-order valence-corrected chi connectivity index (χ1v) is 7.05. The molecule has 0 aromatic carbocycles. The van der Waals surface area contributed by atoms with Gasteiger partial charge in [0.25, 0.3) is 0 Å². The molecule has 0 radical (unpaired) electrons. The Labute approximate surface area is 122 Å². The Balaban J connectivity index is 2.64. The van der Waals surface area contributed by atoms with Crippen molar-refractivity contribution < 1.29 is 9.90 Å². The summed E-state index contributed by atoms with van der Waals surface area (Å²) in [4.78, 5) is 11.8. The van der Waals surface area contributed by atoms with Crippen LogP contribution in [0.4, 0.5) is 0 Å². The molecular weight excluding hydrogens is 272 g/mol. The zero-order valence-corrected chi connectivity index (χ0v) is 12.7. The first-order chi connectivity index (χ1) is 10.00. The quantitative estimate of drug-likeness (QED) is 0.860. The lowest BCUT2D eigenvalue weighted by Gasteiger charge is -2.27. The normalized spacial score (nSPS) is 11.8. The average molecular weight is 292 g/mol. The maximum absolute atomic E-state index is 11.8. The second-order valence-corrected chi connectivity index (χ2v) is 4.97. The summed E-state index contributed by atoms with van der Waals surface area (Å²) in [5, 5.41) is 25.7. The number of carbonyl (C=O) groups is 1. The Bertz CT molecular complexity index is 641. The van der Waals surface area contributed by atoms with Crippen LogP contribution in [0.1, 0.15) is 39.3 Å². The van der Waals surface area contributed by atoms with Crippen LogP contribution in [0.5, 0.6) is 0 Å². The van der Waals surface area contributed by atoms with Gasteiger partial charge >= 0.3 is 5.97 Å². The van der Waals surface area contributed by atoms with Crippen LogP contribution >= 0.6 is 0 Å². The molecule has 0 atom stereocenters. The van der Waals surface area contributed by atoms with Gasteiger partial charge in [-0.15, -0.1) is 5.10 Å². The zero-order valence-electron chi connectivity index (χ0n) is 12.7. The van der Waals surface area contributed by atoms with Gasteiger partial charge in [0.05, 0.1) is 11.3 Å². The summed E-state index contributed by atoms with van der Waals surface area (Å²) in [6.45, 7) is 5.64. The minimum absolute atomic E-state index is 0.401. The number of aliphatic carboxylic acids is 1. The van der Waals surface area contributed by atoms with Gasteiger partial charge in [0, 0.05) is 13.2 Å². The predicted octanol–water partition coefficient (Wildman–Crippen LogP) is 1.24. The van der Waals surface area contributed by atoms with Crippen LogP contribution in [-0.4, -0.2) is 41.1 Å². The van der Waals surface area contributed by atoms with Gasteiger partial charge in [-0.2, -0.15) is 5.10 Å². The fourth-order valence-corrected chi connectivity index (χ4v) is 2.57. The molecule has 2 rings (SSSR count). The van der Waals surface area contributed by atoms with Crippen molar-refractivity contribution in [1.82, 2.24) is 30.0 Å². The Kier molecular flexibility index (Phi) is 4.06. The van der Waals surface area contributed by atoms with Crippen LogP contribution in [0.15, 0.2) is 6.20 Å². The van der Waals surface area contributed by atoms with Gasteiger partial charge in [-0.1, -0.05) is 20.8 Å². The van der Waals surface area contributed by atoms with E-state index in [4.69, 9.17) is 0 Å². The molecule has 0 aliphatic carbocycles. The third-order valence-electron chi connectivity index (χ3n) is 3.92. The molecule has 0 saturated carbocycles. The highest BCUT2D eigenvalue weighted by molar-refractivity contribution is 5.77. The van der Waals surface area contributed by atoms with Crippen molar-refractivity contribution in [2.24, 2.45) is 7.05 Å². The Morgan fingerprint density at radius 1 is 1.33 bits per heavy atom. The van der Waals surface area contributed by atoms with E-state index in [1.54, 1.807) is 4.68 Å². The van der Waals surface area contributed by atoms with E-state index in [9.17, 15) is 9.90 Å². The second kappa shape index (κ2) is 5.63. The summed E-state index contributed by atoms with van der Waals surface area (Å²) in [5.74, 6) is -0.478. The van der Waals surface area contributed by atoms with E-state index in [0.29, 0.717) is 18.7 Å². The third-order valence-corrected chi connectivity index (χ3v) is 3.92. The monoisotopic (exact) mass is 292 g/mol. The zero-order chi connectivity index (χ0) is 15.6. The van der Waals surface area contributed by atoms with Gasteiger partial charge in [-0.3, -0.25) is 4.68 Å². The molecular formula is C13H20N6O2. The third kappa shape index (κ3) is 2.30. The lowest BCUT2D eigenvalue weighted by atomic mass is 9.92. The number of tetrazole rings is 1. The van der Waals surface area contributed by atoms with Crippen molar-refractivity contribution in [1.29, 1.82) is 0 Å². The van der Waals surface area contributed by atoms with Crippen molar-refractivity contribution in [3.05, 3.63) is 11.9 Å². The lowest BCUT2D eigenvalue weighted by molar-refractivity contribution is -0.148. The van der Waals surface area contributed by atoms with Crippen molar-refractivity contribution in [3.8, 4) is 11.4 Å². The fourth-order valence-electron chi connectivity index (χ4n) is 2.57. The molecule has 21 heavy (non-hydrogen) atoms. The lowest BCUT2D eigenvalue weighted by Crippen LogP contribution is -2.42. The van der Waals surface area contributed by atoms with Crippen molar-refractivity contribution >= 4 is 5.97 Å². The summed E-state index contributed by atoms with van der Waals surface area (Å²) < 4.78 is 3.11. The van der Waals surface area contributed by atoms with Crippen LogP contribution < -0.4 is 0 Å². The Morgan fingerprint density at radius 3 is 2.52 bits per heavy atom. The number of hydrogen-bond acceptors (Lipinski definition) is 5. The Hall–Kier alpha value is -2.25. The molecule has 0 saturated heterocycles. The van der Waals surface area contributed by atoms with E-state index in [2.05, 4.69) is 20.6 Å². The first kappa shape index (κ1) is 15.1.